The Balaban J connectivity index is 1.79. The summed E-state index contributed by atoms with van der Waals surface area (Å²) in [7, 11) is 1.54. The van der Waals surface area contributed by atoms with Crippen LogP contribution < -0.4 is 26.2 Å². The van der Waals surface area contributed by atoms with Crippen molar-refractivity contribution in [3.63, 3.8) is 0 Å². The van der Waals surface area contributed by atoms with Gasteiger partial charge in [0.25, 0.3) is 11.8 Å². The first-order chi connectivity index (χ1) is 12.9. The van der Waals surface area contributed by atoms with Crippen molar-refractivity contribution in [2.75, 3.05) is 19.0 Å². The summed E-state index contributed by atoms with van der Waals surface area (Å²) < 4.78 is 5.18. The van der Waals surface area contributed by atoms with Crippen molar-refractivity contribution in [3.8, 4) is 5.75 Å². The van der Waals surface area contributed by atoms with Crippen LogP contribution in [-0.2, 0) is 4.79 Å². The average molecular weight is 427 g/mol. The van der Waals surface area contributed by atoms with Gasteiger partial charge in [0.15, 0.2) is 5.11 Å². The molecule has 2 rings (SSSR count). The highest BCUT2D eigenvalue weighted by atomic mass is 35.5. The lowest BCUT2D eigenvalue weighted by Crippen LogP contribution is -2.49. The van der Waals surface area contributed by atoms with Crippen molar-refractivity contribution in [1.29, 1.82) is 0 Å². The van der Waals surface area contributed by atoms with Crippen molar-refractivity contribution in [1.82, 2.24) is 16.2 Å². The van der Waals surface area contributed by atoms with E-state index in [1.165, 1.54) is 25.3 Å². The molecule has 0 fully saturated rings. The maximum absolute atomic E-state index is 12.1. The van der Waals surface area contributed by atoms with Gasteiger partial charge in [0.05, 0.1) is 29.9 Å². The quantitative estimate of drug-likeness (QED) is 0.434. The number of hydrogen-bond donors (Lipinski definition) is 4. The van der Waals surface area contributed by atoms with Crippen molar-refractivity contribution >= 4 is 58.0 Å². The second kappa shape index (κ2) is 9.96. The third-order valence-electron chi connectivity index (χ3n) is 3.26. The summed E-state index contributed by atoms with van der Waals surface area (Å²) in [4.78, 5) is 24.0. The lowest BCUT2D eigenvalue weighted by Gasteiger charge is -2.13. The van der Waals surface area contributed by atoms with Gasteiger partial charge in [0.2, 0.25) is 0 Å². The highest BCUT2D eigenvalue weighted by Crippen LogP contribution is 2.22. The van der Waals surface area contributed by atoms with Crippen LogP contribution in [0.25, 0.3) is 0 Å². The zero-order valence-electron chi connectivity index (χ0n) is 14.1. The zero-order valence-corrected chi connectivity index (χ0v) is 16.5. The number of carbonyl (C=O) groups excluding carboxylic acids is 2. The first kappa shape index (κ1) is 20.8. The number of anilines is 1. The zero-order chi connectivity index (χ0) is 19.8. The number of halogens is 2. The van der Waals surface area contributed by atoms with Gasteiger partial charge in [-0.1, -0.05) is 35.3 Å². The molecule has 0 aliphatic heterocycles. The van der Waals surface area contributed by atoms with Crippen LogP contribution in [0.15, 0.2) is 42.5 Å². The number of ether oxygens (including phenoxy) is 1. The lowest BCUT2D eigenvalue weighted by molar-refractivity contribution is -0.119. The van der Waals surface area contributed by atoms with E-state index in [2.05, 4.69) is 21.5 Å². The molecule has 0 bridgehead atoms. The SMILES string of the molecule is COc1ccccc1NCC(=O)NNC(=S)NC(=O)c1ccc(Cl)cc1Cl. The van der Waals surface area contributed by atoms with Gasteiger partial charge >= 0.3 is 0 Å². The number of benzene rings is 2. The van der Waals surface area contributed by atoms with Crippen LogP contribution in [0.1, 0.15) is 10.4 Å². The molecule has 0 aliphatic rings. The number of para-hydroxylation sites is 2. The molecular formula is C17H16Cl2N4O3S. The summed E-state index contributed by atoms with van der Waals surface area (Å²) in [6, 6.07) is 11.6. The van der Waals surface area contributed by atoms with Crippen LogP contribution in [0.2, 0.25) is 10.0 Å². The Morgan fingerprint density at radius 2 is 1.85 bits per heavy atom. The van der Waals surface area contributed by atoms with Crippen LogP contribution in [-0.4, -0.2) is 30.6 Å². The van der Waals surface area contributed by atoms with E-state index in [1.54, 1.807) is 12.1 Å². The molecule has 0 atom stereocenters. The maximum Gasteiger partial charge on any atom is 0.258 e. The highest BCUT2D eigenvalue weighted by Gasteiger charge is 2.12. The summed E-state index contributed by atoms with van der Waals surface area (Å²) in [6.07, 6.45) is 0. The first-order valence-electron chi connectivity index (χ1n) is 7.63. The molecule has 0 aliphatic carbocycles. The largest absolute Gasteiger partial charge is 0.495 e. The summed E-state index contributed by atoms with van der Waals surface area (Å²) in [5.74, 6) is -0.321. The fourth-order valence-corrected chi connectivity index (χ4v) is 2.65. The van der Waals surface area contributed by atoms with Crippen LogP contribution in [0.5, 0.6) is 5.75 Å². The maximum atomic E-state index is 12.1. The van der Waals surface area contributed by atoms with E-state index in [4.69, 9.17) is 40.2 Å². The highest BCUT2D eigenvalue weighted by molar-refractivity contribution is 7.80. The molecule has 0 heterocycles. The number of nitrogens with one attached hydrogen (secondary N) is 4. The molecule has 2 aromatic carbocycles. The number of hydrogen-bond acceptors (Lipinski definition) is 5. The van der Waals surface area contributed by atoms with Crippen molar-refractivity contribution in [2.45, 2.75) is 0 Å². The van der Waals surface area contributed by atoms with Gasteiger partial charge in [-0.25, -0.2) is 0 Å². The fraction of sp³-hybridized carbons (Fsp3) is 0.118. The molecule has 0 spiro atoms. The molecule has 27 heavy (non-hydrogen) atoms. The van der Waals surface area contributed by atoms with Gasteiger partial charge in [0.1, 0.15) is 5.75 Å². The second-order valence-corrected chi connectivity index (χ2v) is 6.39. The van der Waals surface area contributed by atoms with E-state index in [9.17, 15) is 9.59 Å². The predicted molar refractivity (Wildman–Crippen MR) is 109 cm³/mol. The number of hydrazine groups is 1. The summed E-state index contributed by atoms with van der Waals surface area (Å²) in [6.45, 7) is -0.0348. The number of carbonyl (C=O) groups is 2. The molecule has 0 saturated carbocycles. The molecule has 10 heteroatoms. The van der Waals surface area contributed by atoms with Crippen LogP contribution in [0, 0.1) is 0 Å². The van der Waals surface area contributed by atoms with Gasteiger partial charge in [-0.05, 0) is 42.5 Å². The number of methoxy groups -OCH3 is 1. The number of amides is 2. The van der Waals surface area contributed by atoms with E-state index in [1.807, 2.05) is 12.1 Å². The molecule has 0 saturated heterocycles. The van der Waals surface area contributed by atoms with Crippen LogP contribution >= 0.6 is 35.4 Å². The number of rotatable bonds is 5. The average Bonchev–Trinajstić information content (AvgIpc) is 2.64. The number of thiocarbonyl (C=S) groups is 1. The fourth-order valence-electron chi connectivity index (χ4n) is 2.01. The summed E-state index contributed by atoms with van der Waals surface area (Å²) in [5, 5.41) is 5.84. The van der Waals surface area contributed by atoms with Gasteiger partial charge in [0, 0.05) is 5.02 Å². The minimum atomic E-state index is -0.532. The van der Waals surface area contributed by atoms with Gasteiger partial charge in [-0.3, -0.25) is 25.8 Å². The monoisotopic (exact) mass is 426 g/mol. The topological polar surface area (TPSA) is 91.5 Å². The van der Waals surface area contributed by atoms with Crippen molar-refractivity contribution in [3.05, 3.63) is 58.1 Å². The van der Waals surface area contributed by atoms with Crippen LogP contribution in [0.3, 0.4) is 0 Å². The van der Waals surface area contributed by atoms with Gasteiger partial charge in [-0.2, -0.15) is 0 Å². The molecule has 142 valence electrons. The van der Waals surface area contributed by atoms with Crippen molar-refractivity contribution < 1.29 is 14.3 Å². The standard InChI is InChI=1S/C17H16Cl2N4O3S/c1-26-14-5-3-2-4-13(14)20-9-15(24)22-23-17(27)21-16(25)11-7-6-10(18)8-12(11)19/h2-8,20H,9H2,1H3,(H,22,24)(H2,21,23,25,27). The molecule has 0 radical (unpaired) electrons. The Kier molecular flexibility index (Phi) is 7.66. The van der Waals surface area contributed by atoms with E-state index >= 15 is 0 Å². The van der Waals surface area contributed by atoms with E-state index in [0.717, 1.165) is 0 Å². The van der Waals surface area contributed by atoms with E-state index in [0.29, 0.717) is 16.5 Å². The van der Waals surface area contributed by atoms with E-state index in [-0.39, 0.29) is 22.2 Å². The third-order valence-corrected chi connectivity index (χ3v) is 4.02. The Labute approximate surface area is 171 Å². The smallest absolute Gasteiger partial charge is 0.258 e. The Bertz CT molecular complexity index is 864. The molecule has 0 unspecified atom stereocenters. The third kappa shape index (κ3) is 6.28. The van der Waals surface area contributed by atoms with E-state index < -0.39 is 11.8 Å². The first-order valence-corrected chi connectivity index (χ1v) is 8.79. The molecule has 4 N–H and O–H groups in total. The predicted octanol–water partition coefficient (Wildman–Crippen LogP) is 2.75. The van der Waals surface area contributed by atoms with Crippen LogP contribution in [0.4, 0.5) is 5.69 Å². The Morgan fingerprint density at radius 3 is 2.56 bits per heavy atom. The summed E-state index contributed by atoms with van der Waals surface area (Å²) in [5.41, 5.74) is 5.68. The minimum absolute atomic E-state index is 0.0348. The van der Waals surface area contributed by atoms with Crippen molar-refractivity contribution in [2.24, 2.45) is 0 Å². The second-order valence-electron chi connectivity index (χ2n) is 5.13. The Hall–Kier alpha value is -2.55. The van der Waals surface area contributed by atoms with Gasteiger partial charge < -0.3 is 10.1 Å². The van der Waals surface area contributed by atoms with Gasteiger partial charge in [-0.15, -0.1) is 0 Å². The molecular weight excluding hydrogens is 411 g/mol. The lowest BCUT2D eigenvalue weighted by atomic mass is 10.2. The molecule has 7 nitrogen and oxygen atoms in total. The Morgan fingerprint density at radius 1 is 1.11 bits per heavy atom. The molecule has 0 aromatic heterocycles. The normalized spacial score (nSPS) is 9.89. The summed E-state index contributed by atoms with van der Waals surface area (Å²) >= 11 is 16.7. The minimum Gasteiger partial charge on any atom is -0.495 e. The molecule has 2 aromatic rings. The molecule has 2 amide bonds.